The van der Waals surface area contributed by atoms with E-state index in [1.165, 1.54) is 23.9 Å². The van der Waals surface area contributed by atoms with Gasteiger partial charge in [0.2, 0.25) is 9.84 Å². The van der Waals surface area contributed by atoms with Gasteiger partial charge in [-0.3, -0.25) is 0 Å². The quantitative estimate of drug-likeness (QED) is 0.441. The zero-order valence-electron chi connectivity index (χ0n) is 17.7. The Kier molecular flexibility index (Phi) is 7.21. The molecule has 1 N–H and O–H groups in total. The topological polar surface area (TPSA) is 70.0 Å². The maximum atomic E-state index is 13.3. The first kappa shape index (κ1) is 22.7. The van der Waals surface area contributed by atoms with Crippen molar-refractivity contribution in [2.45, 2.75) is 31.4 Å². The first-order valence-corrected chi connectivity index (χ1v) is 12.2. The summed E-state index contributed by atoms with van der Waals surface area (Å²) in [5.41, 5.74) is 5.05. The van der Waals surface area contributed by atoms with Crippen molar-refractivity contribution < 1.29 is 8.42 Å². The third-order valence-electron chi connectivity index (χ3n) is 4.61. The van der Waals surface area contributed by atoms with E-state index in [-0.39, 0.29) is 9.80 Å². The zero-order valence-corrected chi connectivity index (χ0v) is 19.3. The summed E-state index contributed by atoms with van der Waals surface area (Å²) in [4.78, 5) is -0.183. The molecule has 4 nitrogen and oxygen atoms in total. The number of hydrogen-bond acceptors (Lipinski definition) is 5. The van der Waals surface area contributed by atoms with Crippen LogP contribution >= 0.6 is 11.8 Å². The molecule has 0 bridgehead atoms. The van der Waals surface area contributed by atoms with E-state index in [0.717, 1.165) is 27.9 Å². The van der Waals surface area contributed by atoms with Gasteiger partial charge in [0.15, 0.2) is 4.91 Å². The van der Waals surface area contributed by atoms with Crippen molar-refractivity contribution >= 4 is 27.3 Å². The fraction of sp³-hybridized carbons (Fsp3) is 0.160. The highest BCUT2D eigenvalue weighted by molar-refractivity contribution is 8.04. The van der Waals surface area contributed by atoms with Gasteiger partial charge in [-0.1, -0.05) is 54.1 Å². The first-order chi connectivity index (χ1) is 14.8. The van der Waals surface area contributed by atoms with Crippen LogP contribution in [0.25, 0.3) is 0 Å². The lowest BCUT2D eigenvalue weighted by atomic mass is 10.1. The van der Waals surface area contributed by atoms with Crippen LogP contribution in [0.3, 0.4) is 0 Å². The predicted octanol–water partition coefficient (Wildman–Crippen LogP) is 6.12. The third-order valence-corrected chi connectivity index (χ3v) is 7.54. The Morgan fingerprint density at radius 1 is 0.903 bits per heavy atom. The average Bonchev–Trinajstić information content (AvgIpc) is 2.73. The zero-order chi connectivity index (χ0) is 22.4. The van der Waals surface area contributed by atoms with Crippen LogP contribution in [-0.2, 0) is 15.6 Å². The second-order valence-electron chi connectivity index (χ2n) is 7.36. The number of nitrogens with one attached hydrogen (secondary N) is 1. The summed E-state index contributed by atoms with van der Waals surface area (Å²) >= 11 is 1.31. The highest BCUT2D eigenvalue weighted by atomic mass is 32.2. The van der Waals surface area contributed by atoms with Crippen molar-refractivity contribution in [1.29, 1.82) is 5.26 Å². The molecule has 0 radical (unpaired) electrons. The Balaban J connectivity index is 2.05. The van der Waals surface area contributed by atoms with Crippen LogP contribution in [0, 0.1) is 32.1 Å². The Morgan fingerprint density at radius 3 is 2.10 bits per heavy atom. The molecule has 0 fully saturated rings. The number of sulfone groups is 1. The van der Waals surface area contributed by atoms with E-state index in [9.17, 15) is 13.7 Å². The highest BCUT2D eigenvalue weighted by Gasteiger charge is 2.25. The molecule has 31 heavy (non-hydrogen) atoms. The van der Waals surface area contributed by atoms with E-state index < -0.39 is 9.84 Å². The van der Waals surface area contributed by atoms with Gasteiger partial charge in [0.1, 0.15) is 11.1 Å². The molecule has 0 amide bonds. The molecule has 0 spiro atoms. The molecule has 0 saturated carbocycles. The standard InChI is InChI=1S/C25H24N2O2S2/c1-18-9-11-21(12-10-18)17-30-25(27-22-14-19(2)13-20(3)15-22)24(16-26)31(28,29)23-7-5-4-6-8-23/h4-15,27H,17H2,1-3H3. The number of nitrogens with zero attached hydrogens (tertiary/aromatic N) is 1. The summed E-state index contributed by atoms with van der Waals surface area (Å²) in [6.45, 7) is 5.98. The normalized spacial score (nSPS) is 12.1. The Labute approximate surface area is 188 Å². The van der Waals surface area contributed by atoms with E-state index in [1.54, 1.807) is 18.2 Å². The van der Waals surface area contributed by atoms with E-state index in [1.807, 2.05) is 69.3 Å². The number of hydrogen-bond donors (Lipinski definition) is 1. The lowest BCUT2D eigenvalue weighted by Crippen LogP contribution is -2.10. The van der Waals surface area contributed by atoms with Gasteiger partial charge in [-0.25, -0.2) is 8.42 Å². The fourth-order valence-corrected chi connectivity index (χ4v) is 5.67. The smallest absolute Gasteiger partial charge is 0.219 e. The number of allylic oxidation sites excluding steroid dienone is 1. The van der Waals surface area contributed by atoms with Gasteiger partial charge >= 0.3 is 0 Å². The second kappa shape index (κ2) is 9.86. The molecule has 0 atom stereocenters. The summed E-state index contributed by atoms with van der Waals surface area (Å²) in [5, 5.41) is 13.4. The van der Waals surface area contributed by atoms with Crippen LogP contribution in [-0.4, -0.2) is 8.42 Å². The highest BCUT2D eigenvalue weighted by Crippen LogP contribution is 2.31. The Hall–Kier alpha value is -3.01. The van der Waals surface area contributed by atoms with Gasteiger partial charge in [0.25, 0.3) is 0 Å². The molecule has 0 aliphatic heterocycles. The SMILES string of the molecule is Cc1ccc(CSC(Nc2cc(C)cc(C)c2)=C(C#N)S(=O)(=O)c2ccccc2)cc1. The summed E-state index contributed by atoms with van der Waals surface area (Å²) in [6.07, 6.45) is 0. The molecule has 0 aliphatic rings. The molecule has 6 heteroatoms. The maximum absolute atomic E-state index is 13.3. The molecular weight excluding hydrogens is 424 g/mol. The van der Waals surface area contributed by atoms with Crippen LogP contribution in [0.1, 0.15) is 22.3 Å². The predicted molar refractivity (Wildman–Crippen MR) is 128 cm³/mol. The lowest BCUT2D eigenvalue weighted by molar-refractivity contribution is 0.603. The van der Waals surface area contributed by atoms with Crippen LogP contribution in [0.4, 0.5) is 5.69 Å². The van der Waals surface area contributed by atoms with E-state index in [0.29, 0.717) is 10.8 Å². The van der Waals surface area contributed by atoms with Gasteiger partial charge in [-0.2, -0.15) is 5.26 Å². The minimum atomic E-state index is -3.97. The number of benzene rings is 3. The van der Waals surface area contributed by atoms with Crippen molar-refractivity contribution in [1.82, 2.24) is 0 Å². The molecule has 0 aromatic heterocycles. The number of anilines is 1. The van der Waals surface area contributed by atoms with Gasteiger partial charge < -0.3 is 5.32 Å². The van der Waals surface area contributed by atoms with Gasteiger partial charge in [-0.05, 0) is 61.7 Å². The molecular formula is C25H24N2O2S2. The van der Waals surface area contributed by atoms with Crippen molar-refractivity contribution in [2.75, 3.05) is 5.32 Å². The van der Waals surface area contributed by atoms with E-state index in [4.69, 9.17) is 0 Å². The lowest BCUT2D eigenvalue weighted by Gasteiger charge is -2.15. The molecule has 158 valence electrons. The molecule has 3 rings (SSSR count). The molecule has 3 aromatic rings. The molecule has 0 heterocycles. The molecule has 0 aliphatic carbocycles. The number of rotatable bonds is 7. The Bertz CT molecular complexity index is 1220. The molecule has 0 saturated heterocycles. The molecule has 3 aromatic carbocycles. The summed E-state index contributed by atoms with van der Waals surface area (Å²) in [5.74, 6) is 0.531. The maximum Gasteiger partial charge on any atom is 0.219 e. The summed E-state index contributed by atoms with van der Waals surface area (Å²) in [7, 11) is -3.97. The van der Waals surface area contributed by atoms with Crippen LogP contribution < -0.4 is 5.32 Å². The van der Waals surface area contributed by atoms with E-state index >= 15 is 0 Å². The van der Waals surface area contributed by atoms with Gasteiger partial charge in [-0.15, -0.1) is 11.8 Å². The van der Waals surface area contributed by atoms with Crippen molar-refractivity contribution in [2.24, 2.45) is 0 Å². The number of thioether (sulfide) groups is 1. The van der Waals surface area contributed by atoms with Gasteiger partial charge in [0.05, 0.1) is 4.90 Å². The monoisotopic (exact) mass is 448 g/mol. The number of nitriles is 1. The van der Waals surface area contributed by atoms with Gasteiger partial charge in [0, 0.05) is 11.4 Å². The van der Waals surface area contributed by atoms with Crippen molar-refractivity contribution in [3.05, 3.63) is 105 Å². The minimum absolute atomic E-state index is 0.0993. The van der Waals surface area contributed by atoms with E-state index in [2.05, 4.69) is 5.32 Å². The first-order valence-electron chi connectivity index (χ1n) is 9.78. The molecule has 0 unspecified atom stereocenters. The van der Waals surface area contributed by atoms with Crippen LogP contribution in [0.15, 0.2) is 87.6 Å². The number of aryl methyl sites for hydroxylation is 3. The fourth-order valence-electron chi connectivity index (χ4n) is 3.13. The van der Waals surface area contributed by atoms with Crippen molar-refractivity contribution in [3.63, 3.8) is 0 Å². The minimum Gasteiger partial charge on any atom is -0.349 e. The van der Waals surface area contributed by atoms with Crippen molar-refractivity contribution in [3.8, 4) is 6.07 Å². The third kappa shape index (κ3) is 5.78. The summed E-state index contributed by atoms with van der Waals surface area (Å²) < 4.78 is 26.5. The van der Waals surface area contributed by atoms with Crippen LogP contribution in [0.2, 0.25) is 0 Å². The average molecular weight is 449 g/mol. The second-order valence-corrected chi connectivity index (χ2v) is 10.2. The Morgan fingerprint density at radius 2 is 1.52 bits per heavy atom. The largest absolute Gasteiger partial charge is 0.349 e. The van der Waals surface area contributed by atoms with Crippen LogP contribution in [0.5, 0.6) is 0 Å². The summed E-state index contributed by atoms with van der Waals surface area (Å²) in [6, 6.07) is 24.0.